The zero-order valence-electron chi connectivity index (χ0n) is 12.2. The quantitative estimate of drug-likeness (QED) is 0.809. The predicted octanol–water partition coefficient (Wildman–Crippen LogP) is 2.94. The van der Waals surface area contributed by atoms with Crippen LogP contribution < -0.4 is 5.73 Å². The van der Waals surface area contributed by atoms with Crippen LogP contribution in [0.3, 0.4) is 0 Å². The molecule has 21 heavy (non-hydrogen) atoms. The summed E-state index contributed by atoms with van der Waals surface area (Å²) in [6, 6.07) is 10.7. The molecular weight excluding hydrogens is 284 g/mol. The number of benzene rings is 1. The molecule has 0 aliphatic carbocycles. The summed E-state index contributed by atoms with van der Waals surface area (Å²) in [6.45, 7) is 4.66. The number of hydrogen-bond acceptors (Lipinski definition) is 3. The predicted molar refractivity (Wildman–Crippen MR) is 87.9 cm³/mol. The summed E-state index contributed by atoms with van der Waals surface area (Å²) in [7, 11) is 0. The summed E-state index contributed by atoms with van der Waals surface area (Å²) in [5.41, 5.74) is 11.2. The average molecular weight is 303 g/mol. The highest BCUT2D eigenvalue weighted by atomic mass is 35.5. The van der Waals surface area contributed by atoms with Gasteiger partial charge in [0.1, 0.15) is 5.82 Å². The molecule has 3 rings (SSSR count). The Labute approximate surface area is 130 Å². The molecule has 4 nitrogen and oxygen atoms in total. The number of nitrogens with zero attached hydrogens (tertiary/aromatic N) is 3. The van der Waals surface area contributed by atoms with Gasteiger partial charge in [-0.25, -0.2) is 9.50 Å². The van der Waals surface area contributed by atoms with Crippen molar-refractivity contribution < 1.29 is 0 Å². The molecule has 2 heterocycles. The Balaban J connectivity index is 0.00000161. The molecule has 0 aliphatic heterocycles. The van der Waals surface area contributed by atoms with E-state index in [4.69, 9.17) is 5.73 Å². The van der Waals surface area contributed by atoms with Crippen LogP contribution in [0.5, 0.6) is 0 Å². The molecule has 0 fully saturated rings. The molecule has 0 bridgehead atoms. The van der Waals surface area contributed by atoms with Crippen LogP contribution in [0.4, 0.5) is 0 Å². The summed E-state index contributed by atoms with van der Waals surface area (Å²) >= 11 is 0. The van der Waals surface area contributed by atoms with E-state index in [-0.39, 0.29) is 12.4 Å². The van der Waals surface area contributed by atoms with Gasteiger partial charge in [0.15, 0.2) is 5.65 Å². The standard InChI is InChI=1S/C16H18N4.ClH/c1-11-9-15(10-20-16(11)18-12(2)19-20)14-5-3-13(4-6-14)7-8-17;/h3-6,9-10H,7-8,17H2,1-2H3;1H. The van der Waals surface area contributed by atoms with Gasteiger partial charge in [0, 0.05) is 11.8 Å². The van der Waals surface area contributed by atoms with Crippen LogP contribution in [0.15, 0.2) is 36.5 Å². The Kier molecular flexibility index (Phi) is 4.60. The van der Waals surface area contributed by atoms with Crippen LogP contribution in [0.2, 0.25) is 0 Å². The SMILES string of the molecule is Cc1nc2c(C)cc(-c3ccc(CCN)cc3)cn2n1.Cl. The number of aryl methyl sites for hydroxylation is 2. The minimum atomic E-state index is 0. The second kappa shape index (κ2) is 6.24. The van der Waals surface area contributed by atoms with Crippen LogP contribution in [0.25, 0.3) is 16.8 Å². The van der Waals surface area contributed by atoms with Crippen LogP contribution in [-0.4, -0.2) is 21.1 Å². The van der Waals surface area contributed by atoms with E-state index in [9.17, 15) is 0 Å². The topological polar surface area (TPSA) is 56.2 Å². The molecule has 0 unspecified atom stereocenters. The normalized spacial score (nSPS) is 10.6. The van der Waals surface area contributed by atoms with Gasteiger partial charge in [0.2, 0.25) is 0 Å². The third-order valence-corrected chi connectivity index (χ3v) is 3.44. The van der Waals surface area contributed by atoms with Crippen LogP contribution in [-0.2, 0) is 6.42 Å². The highest BCUT2D eigenvalue weighted by Crippen LogP contribution is 2.22. The van der Waals surface area contributed by atoms with Crippen molar-refractivity contribution >= 4 is 18.1 Å². The molecule has 0 spiro atoms. The van der Waals surface area contributed by atoms with E-state index in [0.717, 1.165) is 29.0 Å². The van der Waals surface area contributed by atoms with Gasteiger partial charge < -0.3 is 5.73 Å². The molecule has 0 radical (unpaired) electrons. The highest BCUT2D eigenvalue weighted by Gasteiger charge is 2.06. The van der Waals surface area contributed by atoms with Crippen molar-refractivity contribution in [3.63, 3.8) is 0 Å². The van der Waals surface area contributed by atoms with Crippen LogP contribution in [0, 0.1) is 13.8 Å². The fraction of sp³-hybridized carbons (Fsp3) is 0.250. The number of aromatic nitrogens is 3. The number of nitrogens with two attached hydrogens (primary N) is 1. The Bertz CT molecular complexity index is 747. The van der Waals surface area contributed by atoms with E-state index in [0.29, 0.717) is 6.54 Å². The molecule has 0 aliphatic rings. The average Bonchev–Trinajstić information content (AvgIpc) is 2.81. The van der Waals surface area contributed by atoms with Crippen molar-refractivity contribution in [2.75, 3.05) is 6.54 Å². The Hall–Kier alpha value is -1.91. The van der Waals surface area contributed by atoms with E-state index < -0.39 is 0 Å². The Morgan fingerprint density at radius 2 is 1.81 bits per heavy atom. The lowest BCUT2D eigenvalue weighted by Gasteiger charge is -2.06. The van der Waals surface area contributed by atoms with Crippen molar-refractivity contribution in [1.29, 1.82) is 0 Å². The molecule has 2 aromatic heterocycles. The molecule has 3 aromatic rings. The van der Waals surface area contributed by atoms with Crippen LogP contribution in [0.1, 0.15) is 17.0 Å². The monoisotopic (exact) mass is 302 g/mol. The van der Waals surface area contributed by atoms with Gasteiger partial charge in [-0.3, -0.25) is 0 Å². The minimum Gasteiger partial charge on any atom is -0.330 e. The minimum absolute atomic E-state index is 0. The maximum atomic E-state index is 5.58. The first-order chi connectivity index (χ1) is 9.67. The maximum absolute atomic E-state index is 5.58. The largest absolute Gasteiger partial charge is 0.330 e. The lowest BCUT2D eigenvalue weighted by atomic mass is 10.0. The van der Waals surface area contributed by atoms with E-state index >= 15 is 0 Å². The lowest BCUT2D eigenvalue weighted by Crippen LogP contribution is -2.02. The summed E-state index contributed by atoms with van der Waals surface area (Å²) in [5.74, 6) is 0.795. The number of hydrogen-bond donors (Lipinski definition) is 1. The van der Waals surface area contributed by atoms with Gasteiger partial charge in [0.05, 0.1) is 0 Å². The number of rotatable bonds is 3. The zero-order valence-corrected chi connectivity index (χ0v) is 13.0. The third kappa shape index (κ3) is 3.06. The molecule has 0 saturated carbocycles. The van der Waals surface area contributed by atoms with E-state index in [1.54, 1.807) is 0 Å². The fourth-order valence-corrected chi connectivity index (χ4v) is 2.44. The first kappa shape index (κ1) is 15.5. The third-order valence-electron chi connectivity index (χ3n) is 3.44. The molecule has 0 amide bonds. The number of fused-ring (bicyclic) bond motifs is 1. The van der Waals surface area contributed by atoms with Crippen molar-refractivity contribution in [1.82, 2.24) is 14.6 Å². The molecular formula is C16H19ClN4. The van der Waals surface area contributed by atoms with Crippen molar-refractivity contribution in [3.05, 3.63) is 53.5 Å². The van der Waals surface area contributed by atoms with Gasteiger partial charge in [-0.2, -0.15) is 5.10 Å². The zero-order chi connectivity index (χ0) is 14.1. The Morgan fingerprint density at radius 3 is 2.48 bits per heavy atom. The van der Waals surface area contributed by atoms with Crippen molar-refractivity contribution in [3.8, 4) is 11.1 Å². The second-order valence-corrected chi connectivity index (χ2v) is 5.07. The highest BCUT2D eigenvalue weighted by molar-refractivity contribution is 5.85. The van der Waals surface area contributed by atoms with Crippen molar-refractivity contribution in [2.24, 2.45) is 5.73 Å². The molecule has 0 atom stereocenters. The molecule has 5 heteroatoms. The van der Waals surface area contributed by atoms with Crippen molar-refractivity contribution in [2.45, 2.75) is 20.3 Å². The molecule has 1 aromatic carbocycles. The molecule has 110 valence electrons. The lowest BCUT2D eigenvalue weighted by molar-refractivity contribution is 0.929. The van der Waals surface area contributed by atoms with Gasteiger partial charge in [-0.1, -0.05) is 24.3 Å². The molecule has 2 N–H and O–H groups in total. The van der Waals surface area contributed by atoms with Gasteiger partial charge >= 0.3 is 0 Å². The van der Waals surface area contributed by atoms with E-state index in [1.165, 1.54) is 11.1 Å². The maximum Gasteiger partial charge on any atom is 0.158 e. The van der Waals surface area contributed by atoms with Gasteiger partial charge in [-0.15, -0.1) is 12.4 Å². The van der Waals surface area contributed by atoms with Crippen LogP contribution >= 0.6 is 12.4 Å². The van der Waals surface area contributed by atoms with E-state index in [2.05, 4.69) is 47.3 Å². The number of halogens is 1. The summed E-state index contributed by atoms with van der Waals surface area (Å²) in [6.07, 6.45) is 2.95. The van der Waals surface area contributed by atoms with E-state index in [1.807, 2.05) is 17.6 Å². The van der Waals surface area contributed by atoms with Gasteiger partial charge in [-0.05, 0) is 49.6 Å². The van der Waals surface area contributed by atoms with Gasteiger partial charge in [0.25, 0.3) is 0 Å². The first-order valence-corrected chi connectivity index (χ1v) is 6.80. The fourth-order valence-electron chi connectivity index (χ4n) is 2.44. The number of pyridine rings is 1. The Morgan fingerprint density at radius 1 is 1.10 bits per heavy atom. The molecule has 0 saturated heterocycles. The summed E-state index contributed by atoms with van der Waals surface area (Å²) in [4.78, 5) is 4.42. The summed E-state index contributed by atoms with van der Waals surface area (Å²) in [5, 5.41) is 4.40. The first-order valence-electron chi connectivity index (χ1n) is 6.80. The smallest absolute Gasteiger partial charge is 0.158 e. The second-order valence-electron chi connectivity index (χ2n) is 5.07. The summed E-state index contributed by atoms with van der Waals surface area (Å²) < 4.78 is 1.85.